The summed E-state index contributed by atoms with van der Waals surface area (Å²) in [4.78, 5) is 26.6. The van der Waals surface area contributed by atoms with E-state index in [9.17, 15) is 9.59 Å². The number of hydrogen-bond acceptors (Lipinski definition) is 2. The SMILES string of the molecule is CCN(C(=O)N(CC(=O)O)C(C)(C)C)c1ccccc1. The highest BCUT2D eigenvalue weighted by atomic mass is 16.4. The average Bonchev–Trinajstić information content (AvgIpc) is 2.36. The molecule has 0 unspecified atom stereocenters. The zero-order valence-electron chi connectivity index (χ0n) is 12.5. The van der Waals surface area contributed by atoms with Crippen molar-refractivity contribution in [3.05, 3.63) is 30.3 Å². The summed E-state index contributed by atoms with van der Waals surface area (Å²) in [5.74, 6) is -1.02. The van der Waals surface area contributed by atoms with Gasteiger partial charge in [0.2, 0.25) is 0 Å². The van der Waals surface area contributed by atoms with E-state index >= 15 is 0 Å². The van der Waals surface area contributed by atoms with Crippen molar-refractivity contribution in [3.8, 4) is 0 Å². The first kappa shape index (κ1) is 16.0. The Morgan fingerprint density at radius 1 is 1.15 bits per heavy atom. The summed E-state index contributed by atoms with van der Waals surface area (Å²) in [5.41, 5.74) is 0.206. The molecule has 0 spiro atoms. The Bertz CT molecular complexity index is 466. The predicted octanol–water partition coefficient (Wildman–Crippen LogP) is 2.82. The van der Waals surface area contributed by atoms with E-state index in [1.54, 1.807) is 4.90 Å². The van der Waals surface area contributed by atoms with E-state index in [1.807, 2.05) is 58.0 Å². The fourth-order valence-corrected chi connectivity index (χ4v) is 1.91. The second-order valence-corrected chi connectivity index (χ2v) is 5.51. The molecule has 0 radical (unpaired) electrons. The van der Waals surface area contributed by atoms with Crippen LogP contribution >= 0.6 is 0 Å². The number of carbonyl (C=O) groups is 2. The quantitative estimate of drug-likeness (QED) is 0.921. The van der Waals surface area contributed by atoms with Crippen LogP contribution in [0.25, 0.3) is 0 Å². The summed E-state index contributed by atoms with van der Waals surface area (Å²) < 4.78 is 0. The molecule has 0 aliphatic rings. The molecule has 1 N–H and O–H groups in total. The van der Waals surface area contributed by atoms with Gasteiger partial charge in [-0.15, -0.1) is 0 Å². The molecular formula is C15H22N2O3. The topological polar surface area (TPSA) is 60.9 Å². The van der Waals surface area contributed by atoms with Gasteiger partial charge in [0.1, 0.15) is 6.54 Å². The van der Waals surface area contributed by atoms with Gasteiger partial charge in [0.05, 0.1) is 0 Å². The van der Waals surface area contributed by atoms with Crippen molar-refractivity contribution in [1.29, 1.82) is 0 Å². The Hall–Kier alpha value is -2.04. The highest BCUT2D eigenvalue weighted by molar-refractivity contribution is 5.94. The number of nitrogens with zero attached hydrogens (tertiary/aromatic N) is 2. The van der Waals surface area contributed by atoms with Crippen LogP contribution in [0.5, 0.6) is 0 Å². The van der Waals surface area contributed by atoms with E-state index in [-0.39, 0.29) is 12.6 Å². The second kappa shape index (κ2) is 6.41. The molecule has 0 heterocycles. The van der Waals surface area contributed by atoms with Crippen molar-refractivity contribution in [2.45, 2.75) is 33.2 Å². The van der Waals surface area contributed by atoms with Crippen LogP contribution in [0, 0.1) is 0 Å². The van der Waals surface area contributed by atoms with Gasteiger partial charge >= 0.3 is 12.0 Å². The Balaban J connectivity index is 3.06. The summed E-state index contributed by atoms with van der Waals surface area (Å²) in [6.45, 7) is 7.51. The molecule has 0 atom stereocenters. The van der Waals surface area contributed by atoms with Crippen LogP contribution in [-0.2, 0) is 4.79 Å². The molecule has 5 heteroatoms. The highest BCUT2D eigenvalue weighted by Gasteiger charge is 2.31. The average molecular weight is 278 g/mol. The minimum Gasteiger partial charge on any atom is -0.480 e. The van der Waals surface area contributed by atoms with Crippen LogP contribution in [0.15, 0.2) is 30.3 Å². The largest absolute Gasteiger partial charge is 0.480 e. The molecule has 1 rings (SSSR count). The third-order valence-corrected chi connectivity index (χ3v) is 2.95. The van der Waals surface area contributed by atoms with Crippen LogP contribution in [0.3, 0.4) is 0 Å². The first-order valence-corrected chi connectivity index (χ1v) is 6.63. The smallest absolute Gasteiger partial charge is 0.325 e. The van der Waals surface area contributed by atoms with E-state index in [0.717, 1.165) is 5.69 Å². The van der Waals surface area contributed by atoms with Crippen LogP contribution in [0.1, 0.15) is 27.7 Å². The number of carboxylic acids is 1. The van der Waals surface area contributed by atoms with Crippen molar-refractivity contribution in [2.24, 2.45) is 0 Å². The van der Waals surface area contributed by atoms with Crippen molar-refractivity contribution in [2.75, 3.05) is 18.0 Å². The molecular weight excluding hydrogens is 256 g/mol. The number of amides is 2. The third-order valence-electron chi connectivity index (χ3n) is 2.95. The number of anilines is 1. The van der Waals surface area contributed by atoms with E-state index < -0.39 is 11.5 Å². The van der Waals surface area contributed by atoms with Gasteiger partial charge in [-0.05, 0) is 39.8 Å². The van der Waals surface area contributed by atoms with Gasteiger partial charge in [-0.3, -0.25) is 9.69 Å². The number of aliphatic carboxylic acids is 1. The van der Waals surface area contributed by atoms with E-state index in [4.69, 9.17) is 5.11 Å². The minimum atomic E-state index is -1.02. The van der Waals surface area contributed by atoms with Crippen LogP contribution in [0.4, 0.5) is 10.5 Å². The molecule has 20 heavy (non-hydrogen) atoms. The maximum Gasteiger partial charge on any atom is 0.325 e. The number of urea groups is 1. The molecule has 110 valence electrons. The fourth-order valence-electron chi connectivity index (χ4n) is 1.91. The number of carboxylic acid groups (broad SMARTS) is 1. The minimum absolute atomic E-state index is 0.298. The number of hydrogen-bond donors (Lipinski definition) is 1. The summed E-state index contributed by atoms with van der Waals surface area (Å²) in [6, 6.07) is 8.95. The molecule has 0 aliphatic carbocycles. The van der Waals surface area contributed by atoms with Crippen LogP contribution in [-0.4, -0.2) is 40.6 Å². The monoisotopic (exact) mass is 278 g/mol. The molecule has 2 amide bonds. The van der Waals surface area contributed by atoms with Crippen molar-refractivity contribution in [3.63, 3.8) is 0 Å². The van der Waals surface area contributed by atoms with Crippen molar-refractivity contribution < 1.29 is 14.7 Å². The van der Waals surface area contributed by atoms with Gasteiger partial charge in [0.15, 0.2) is 0 Å². The zero-order valence-corrected chi connectivity index (χ0v) is 12.5. The van der Waals surface area contributed by atoms with Gasteiger partial charge in [-0.25, -0.2) is 4.79 Å². The summed E-state index contributed by atoms with van der Waals surface area (Å²) >= 11 is 0. The van der Waals surface area contributed by atoms with E-state index in [2.05, 4.69) is 0 Å². The lowest BCUT2D eigenvalue weighted by molar-refractivity contribution is -0.138. The number of rotatable bonds is 4. The summed E-state index contributed by atoms with van der Waals surface area (Å²) in [6.07, 6.45) is 0. The van der Waals surface area contributed by atoms with Crippen LogP contribution < -0.4 is 4.90 Å². The van der Waals surface area contributed by atoms with Crippen LogP contribution in [0.2, 0.25) is 0 Å². The lowest BCUT2D eigenvalue weighted by Gasteiger charge is -2.38. The molecule has 0 bridgehead atoms. The highest BCUT2D eigenvalue weighted by Crippen LogP contribution is 2.20. The Kier molecular flexibility index (Phi) is 5.13. The normalized spacial score (nSPS) is 11.0. The maximum atomic E-state index is 12.6. The molecule has 0 fully saturated rings. The van der Waals surface area contributed by atoms with Gasteiger partial charge in [0.25, 0.3) is 0 Å². The standard InChI is InChI=1S/C15H22N2O3/c1-5-16(12-9-7-6-8-10-12)14(20)17(11-13(18)19)15(2,3)4/h6-10H,5,11H2,1-4H3,(H,18,19). The van der Waals surface area contributed by atoms with E-state index in [0.29, 0.717) is 6.54 Å². The lowest BCUT2D eigenvalue weighted by atomic mass is 10.1. The number of para-hydroxylation sites is 1. The molecule has 0 aliphatic heterocycles. The Labute approximate surface area is 119 Å². The van der Waals surface area contributed by atoms with E-state index in [1.165, 1.54) is 4.90 Å². The summed E-state index contributed by atoms with van der Waals surface area (Å²) in [5, 5.41) is 9.01. The van der Waals surface area contributed by atoms with Crippen molar-refractivity contribution >= 4 is 17.7 Å². The predicted molar refractivity (Wildman–Crippen MR) is 79.0 cm³/mol. The molecule has 1 aromatic carbocycles. The second-order valence-electron chi connectivity index (χ2n) is 5.51. The van der Waals surface area contributed by atoms with Crippen molar-refractivity contribution in [1.82, 2.24) is 4.90 Å². The fraction of sp³-hybridized carbons (Fsp3) is 0.467. The lowest BCUT2D eigenvalue weighted by Crippen LogP contribution is -2.54. The Morgan fingerprint density at radius 3 is 2.10 bits per heavy atom. The molecule has 5 nitrogen and oxygen atoms in total. The number of carbonyl (C=O) groups excluding carboxylic acids is 1. The van der Waals surface area contributed by atoms with Gasteiger partial charge < -0.3 is 10.0 Å². The molecule has 1 aromatic rings. The van der Waals surface area contributed by atoms with Gasteiger partial charge in [0, 0.05) is 17.8 Å². The zero-order chi connectivity index (χ0) is 15.3. The van der Waals surface area contributed by atoms with Gasteiger partial charge in [-0.1, -0.05) is 18.2 Å². The first-order chi connectivity index (χ1) is 9.27. The molecule has 0 saturated carbocycles. The maximum absolute atomic E-state index is 12.6. The molecule has 0 saturated heterocycles. The summed E-state index contributed by atoms with van der Waals surface area (Å²) in [7, 11) is 0. The molecule has 0 aromatic heterocycles. The number of benzene rings is 1. The van der Waals surface area contributed by atoms with Gasteiger partial charge in [-0.2, -0.15) is 0 Å². The first-order valence-electron chi connectivity index (χ1n) is 6.63. The Morgan fingerprint density at radius 2 is 1.70 bits per heavy atom. The third kappa shape index (κ3) is 3.98.